The smallest absolute Gasteiger partial charge is 0.143 e. The van der Waals surface area contributed by atoms with Gasteiger partial charge in [-0.05, 0) is 31.9 Å². The van der Waals surface area contributed by atoms with Gasteiger partial charge in [0.2, 0.25) is 0 Å². The second-order valence-electron chi connectivity index (χ2n) is 5.38. The molecular weight excluding hydrogens is 252 g/mol. The van der Waals surface area contributed by atoms with E-state index in [0.717, 1.165) is 28.0 Å². The van der Waals surface area contributed by atoms with E-state index < -0.39 is 0 Å². The van der Waals surface area contributed by atoms with Gasteiger partial charge in [0.1, 0.15) is 11.5 Å². The summed E-state index contributed by atoms with van der Waals surface area (Å²) in [5, 5.41) is 15.8. The van der Waals surface area contributed by atoms with Gasteiger partial charge in [-0.25, -0.2) is 0 Å². The molecule has 0 radical (unpaired) electrons. The zero-order valence-electron chi connectivity index (χ0n) is 11.3. The molecule has 1 saturated carbocycles. The summed E-state index contributed by atoms with van der Waals surface area (Å²) in [7, 11) is 0. The number of nitrogens with zero attached hydrogens (tertiary/aromatic N) is 2. The third-order valence-corrected chi connectivity index (χ3v) is 3.94. The van der Waals surface area contributed by atoms with Gasteiger partial charge in [-0.3, -0.25) is 5.10 Å². The van der Waals surface area contributed by atoms with Gasteiger partial charge in [-0.2, -0.15) is 5.10 Å². The molecule has 2 aromatic heterocycles. The highest BCUT2D eigenvalue weighted by atomic mass is 16.5. The van der Waals surface area contributed by atoms with E-state index in [4.69, 9.17) is 4.52 Å². The predicted octanol–water partition coefficient (Wildman–Crippen LogP) is 3.35. The quantitative estimate of drug-likeness (QED) is 0.761. The SMILES string of the molecule is Cc1c(CNc2cccc3[nH]ncc23)noc1C1CC1. The van der Waals surface area contributed by atoms with Crippen LogP contribution in [-0.4, -0.2) is 15.4 Å². The summed E-state index contributed by atoms with van der Waals surface area (Å²) in [6.45, 7) is 2.77. The molecule has 0 atom stereocenters. The normalized spacial score (nSPS) is 14.8. The third kappa shape index (κ3) is 1.86. The molecule has 0 unspecified atom stereocenters. The van der Waals surface area contributed by atoms with Crippen LogP contribution >= 0.6 is 0 Å². The maximum atomic E-state index is 5.47. The molecule has 1 aliphatic rings. The zero-order valence-corrected chi connectivity index (χ0v) is 11.3. The first kappa shape index (κ1) is 11.5. The van der Waals surface area contributed by atoms with Crippen LogP contribution in [0, 0.1) is 6.92 Å². The van der Waals surface area contributed by atoms with Crippen molar-refractivity contribution in [3.05, 3.63) is 41.4 Å². The number of hydrogen-bond acceptors (Lipinski definition) is 4. The fraction of sp³-hybridized carbons (Fsp3) is 0.333. The van der Waals surface area contributed by atoms with E-state index in [9.17, 15) is 0 Å². The fourth-order valence-electron chi connectivity index (χ4n) is 2.58. The van der Waals surface area contributed by atoms with Crippen LogP contribution in [0.4, 0.5) is 5.69 Å². The number of hydrogen-bond donors (Lipinski definition) is 2. The van der Waals surface area contributed by atoms with Crippen LogP contribution in [0.1, 0.15) is 35.8 Å². The highest BCUT2D eigenvalue weighted by Gasteiger charge is 2.30. The van der Waals surface area contributed by atoms with E-state index in [1.807, 2.05) is 18.3 Å². The predicted molar refractivity (Wildman–Crippen MR) is 76.6 cm³/mol. The molecule has 20 heavy (non-hydrogen) atoms. The van der Waals surface area contributed by atoms with Crippen molar-refractivity contribution < 1.29 is 4.52 Å². The molecule has 2 heterocycles. The first-order chi connectivity index (χ1) is 9.83. The van der Waals surface area contributed by atoms with E-state index in [0.29, 0.717) is 12.5 Å². The Labute approximate surface area is 116 Å². The number of aromatic nitrogens is 3. The Bertz CT molecular complexity index is 754. The number of benzene rings is 1. The van der Waals surface area contributed by atoms with E-state index in [1.165, 1.54) is 18.4 Å². The Balaban J connectivity index is 1.56. The molecule has 5 heteroatoms. The standard InChI is InChI=1S/C15H16N4O/c1-9-14(19-20-15(9)10-5-6-10)8-16-12-3-2-4-13-11(12)7-17-18-13/h2-4,7,10,16H,5-6,8H2,1H3,(H,17,18). The van der Waals surface area contributed by atoms with Crippen molar-refractivity contribution in [2.75, 3.05) is 5.32 Å². The van der Waals surface area contributed by atoms with Crippen LogP contribution in [0.5, 0.6) is 0 Å². The molecule has 102 valence electrons. The molecule has 3 aromatic rings. The largest absolute Gasteiger partial charge is 0.379 e. The van der Waals surface area contributed by atoms with Crippen LogP contribution in [-0.2, 0) is 6.54 Å². The zero-order chi connectivity index (χ0) is 13.5. The van der Waals surface area contributed by atoms with E-state index in [1.54, 1.807) is 0 Å². The van der Waals surface area contributed by atoms with Crippen molar-refractivity contribution in [2.24, 2.45) is 0 Å². The molecule has 1 aromatic carbocycles. The van der Waals surface area contributed by atoms with Crippen LogP contribution in [0.2, 0.25) is 0 Å². The minimum absolute atomic E-state index is 0.605. The van der Waals surface area contributed by atoms with Crippen molar-refractivity contribution >= 4 is 16.6 Å². The van der Waals surface area contributed by atoms with Crippen LogP contribution in [0.3, 0.4) is 0 Å². The Morgan fingerprint density at radius 3 is 3.15 bits per heavy atom. The minimum Gasteiger partial charge on any atom is -0.379 e. The van der Waals surface area contributed by atoms with Crippen LogP contribution in [0.25, 0.3) is 10.9 Å². The van der Waals surface area contributed by atoms with Crippen LogP contribution < -0.4 is 5.32 Å². The van der Waals surface area contributed by atoms with Gasteiger partial charge in [0.15, 0.2) is 0 Å². The van der Waals surface area contributed by atoms with Crippen molar-refractivity contribution in [1.82, 2.24) is 15.4 Å². The highest BCUT2D eigenvalue weighted by Crippen LogP contribution is 2.42. The van der Waals surface area contributed by atoms with Crippen molar-refractivity contribution in [3.8, 4) is 0 Å². The highest BCUT2D eigenvalue weighted by molar-refractivity contribution is 5.90. The first-order valence-corrected chi connectivity index (χ1v) is 6.94. The summed E-state index contributed by atoms with van der Waals surface area (Å²) in [6.07, 6.45) is 4.30. The number of fused-ring (bicyclic) bond motifs is 1. The fourth-order valence-corrected chi connectivity index (χ4v) is 2.58. The maximum Gasteiger partial charge on any atom is 0.143 e. The average Bonchev–Trinajstić information content (AvgIpc) is 3.06. The summed E-state index contributed by atoms with van der Waals surface area (Å²) in [6, 6.07) is 6.07. The second kappa shape index (κ2) is 4.37. The lowest BCUT2D eigenvalue weighted by atomic mass is 10.1. The van der Waals surface area contributed by atoms with Gasteiger partial charge in [-0.1, -0.05) is 11.2 Å². The maximum absolute atomic E-state index is 5.47. The van der Waals surface area contributed by atoms with E-state index in [-0.39, 0.29) is 0 Å². The molecule has 0 saturated heterocycles. The van der Waals surface area contributed by atoms with Gasteiger partial charge in [0.25, 0.3) is 0 Å². The summed E-state index contributed by atoms with van der Waals surface area (Å²) in [5.41, 5.74) is 4.28. The lowest BCUT2D eigenvalue weighted by Gasteiger charge is -2.05. The van der Waals surface area contributed by atoms with Gasteiger partial charge >= 0.3 is 0 Å². The van der Waals surface area contributed by atoms with E-state index >= 15 is 0 Å². The van der Waals surface area contributed by atoms with Gasteiger partial charge in [0.05, 0.1) is 18.3 Å². The van der Waals surface area contributed by atoms with Crippen molar-refractivity contribution in [1.29, 1.82) is 0 Å². The lowest BCUT2D eigenvalue weighted by Crippen LogP contribution is -2.01. The number of aromatic amines is 1. The summed E-state index contributed by atoms with van der Waals surface area (Å²) in [5.74, 6) is 1.68. The van der Waals surface area contributed by atoms with E-state index in [2.05, 4.69) is 33.7 Å². The Hall–Kier alpha value is -2.30. The molecular formula is C15H16N4O. The van der Waals surface area contributed by atoms with Gasteiger partial charge in [-0.15, -0.1) is 0 Å². The monoisotopic (exact) mass is 268 g/mol. The first-order valence-electron chi connectivity index (χ1n) is 6.94. The Morgan fingerprint density at radius 1 is 1.40 bits per heavy atom. The molecule has 1 fully saturated rings. The Morgan fingerprint density at radius 2 is 2.30 bits per heavy atom. The minimum atomic E-state index is 0.605. The summed E-state index contributed by atoms with van der Waals surface area (Å²) >= 11 is 0. The number of anilines is 1. The molecule has 1 aliphatic carbocycles. The summed E-state index contributed by atoms with van der Waals surface area (Å²) in [4.78, 5) is 0. The molecule has 0 bridgehead atoms. The molecule has 0 aliphatic heterocycles. The second-order valence-corrected chi connectivity index (χ2v) is 5.38. The molecule has 5 nitrogen and oxygen atoms in total. The number of H-pyrrole nitrogens is 1. The van der Waals surface area contributed by atoms with Crippen molar-refractivity contribution in [2.45, 2.75) is 32.2 Å². The van der Waals surface area contributed by atoms with Crippen LogP contribution in [0.15, 0.2) is 28.9 Å². The van der Waals surface area contributed by atoms with Gasteiger partial charge < -0.3 is 9.84 Å². The molecule has 4 rings (SSSR count). The molecule has 2 N–H and O–H groups in total. The lowest BCUT2D eigenvalue weighted by molar-refractivity contribution is 0.378. The number of nitrogens with one attached hydrogen (secondary N) is 2. The van der Waals surface area contributed by atoms with Gasteiger partial charge in [0, 0.05) is 22.6 Å². The summed E-state index contributed by atoms with van der Waals surface area (Å²) < 4.78 is 5.47. The van der Waals surface area contributed by atoms with Crippen molar-refractivity contribution in [3.63, 3.8) is 0 Å². The number of rotatable bonds is 4. The molecule has 0 amide bonds. The topological polar surface area (TPSA) is 66.7 Å². The third-order valence-electron chi connectivity index (χ3n) is 3.94. The average molecular weight is 268 g/mol. The Kier molecular flexibility index (Phi) is 2.52. The molecule has 0 spiro atoms.